The van der Waals surface area contributed by atoms with Gasteiger partial charge in [-0.25, -0.2) is 0 Å². The van der Waals surface area contributed by atoms with E-state index in [0.29, 0.717) is 0 Å². The molecule has 72 valence electrons. The van der Waals surface area contributed by atoms with Crippen LogP contribution in [0.15, 0.2) is 35.1 Å². The number of nitrogens with one attached hydrogen (secondary N) is 1. The van der Waals surface area contributed by atoms with Crippen molar-refractivity contribution in [3.05, 3.63) is 35.1 Å². The Balaban J connectivity index is 2.53. The quantitative estimate of drug-likeness (QED) is 0.893. The number of hydrogen-bond acceptors (Lipinski definition) is 2. The summed E-state index contributed by atoms with van der Waals surface area (Å²) < 4.78 is 6.28. The van der Waals surface area contributed by atoms with Gasteiger partial charge in [0.15, 0.2) is 0 Å². The van der Waals surface area contributed by atoms with Crippen molar-refractivity contribution in [1.29, 1.82) is 0 Å². The van der Waals surface area contributed by atoms with E-state index in [-0.39, 0.29) is 0 Å². The molecule has 1 aromatic heterocycles. The third-order valence-electron chi connectivity index (χ3n) is 1.97. The lowest BCUT2D eigenvalue weighted by molar-refractivity contribution is 0.416. The average molecular weight is 253 g/mol. The minimum absolute atomic E-state index is 0.834. The van der Waals surface area contributed by atoms with E-state index < -0.39 is 0 Å². The molecule has 0 unspecified atom stereocenters. The first-order valence-corrected chi connectivity index (χ1v) is 4.93. The van der Waals surface area contributed by atoms with Crippen molar-refractivity contribution in [2.45, 2.75) is 0 Å². The molecule has 0 bridgehead atoms. The molecule has 0 radical (unpaired) electrons. The van der Waals surface area contributed by atoms with Crippen LogP contribution in [-0.4, -0.2) is 17.3 Å². The van der Waals surface area contributed by atoms with Crippen LogP contribution in [0.4, 0.5) is 0 Å². The fraction of sp³-hybridized carbons (Fsp3) is 0.100. The maximum absolute atomic E-state index is 5.28. The monoisotopic (exact) mass is 252 g/mol. The standard InChI is InChI=1S/C10H9BrN2O/c1-14-10-4-8(11)2-3-9(10)7-5-12-13-6-7/h2-6H,1H3,(H,12,13). The van der Waals surface area contributed by atoms with Gasteiger partial charge >= 0.3 is 0 Å². The fourth-order valence-corrected chi connectivity index (χ4v) is 1.64. The maximum Gasteiger partial charge on any atom is 0.127 e. The van der Waals surface area contributed by atoms with Gasteiger partial charge in [0.1, 0.15) is 5.75 Å². The Bertz CT molecular complexity index is 426. The summed E-state index contributed by atoms with van der Waals surface area (Å²) in [5.74, 6) is 0.834. The first kappa shape index (κ1) is 9.27. The lowest BCUT2D eigenvalue weighted by Gasteiger charge is -2.06. The largest absolute Gasteiger partial charge is 0.496 e. The predicted molar refractivity (Wildman–Crippen MR) is 58.3 cm³/mol. The normalized spacial score (nSPS) is 10.1. The van der Waals surface area contributed by atoms with Gasteiger partial charge in [0.2, 0.25) is 0 Å². The Morgan fingerprint density at radius 1 is 1.43 bits per heavy atom. The highest BCUT2D eigenvalue weighted by molar-refractivity contribution is 9.10. The van der Waals surface area contributed by atoms with Crippen molar-refractivity contribution in [3.63, 3.8) is 0 Å². The summed E-state index contributed by atoms with van der Waals surface area (Å²) in [5.41, 5.74) is 2.05. The van der Waals surface area contributed by atoms with Crippen molar-refractivity contribution >= 4 is 15.9 Å². The van der Waals surface area contributed by atoms with E-state index in [1.165, 1.54) is 0 Å². The highest BCUT2D eigenvalue weighted by Crippen LogP contribution is 2.31. The highest BCUT2D eigenvalue weighted by atomic mass is 79.9. The highest BCUT2D eigenvalue weighted by Gasteiger charge is 2.06. The Morgan fingerprint density at radius 2 is 2.29 bits per heavy atom. The van der Waals surface area contributed by atoms with Crippen LogP contribution in [0.2, 0.25) is 0 Å². The molecule has 1 aromatic carbocycles. The number of halogens is 1. The first-order chi connectivity index (χ1) is 6.81. The third-order valence-corrected chi connectivity index (χ3v) is 2.47. The SMILES string of the molecule is COc1cc(Br)ccc1-c1cn[nH]c1. The summed E-state index contributed by atoms with van der Waals surface area (Å²) in [7, 11) is 1.66. The number of methoxy groups -OCH3 is 1. The van der Waals surface area contributed by atoms with Gasteiger partial charge in [0.05, 0.1) is 13.3 Å². The minimum Gasteiger partial charge on any atom is -0.496 e. The second-order valence-corrected chi connectivity index (χ2v) is 3.75. The van der Waals surface area contributed by atoms with Gasteiger partial charge < -0.3 is 4.74 Å². The Morgan fingerprint density at radius 3 is 2.93 bits per heavy atom. The van der Waals surface area contributed by atoms with Crippen LogP contribution in [0.5, 0.6) is 5.75 Å². The van der Waals surface area contributed by atoms with Crippen LogP contribution in [0, 0.1) is 0 Å². The van der Waals surface area contributed by atoms with Gasteiger partial charge in [-0.3, -0.25) is 5.10 Å². The zero-order chi connectivity index (χ0) is 9.97. The topological polar surface area (TPSA) is 37.9 Å². The summed E-state index contributed by atoms with van der Waals surface area (Å²) >= 11 is 3.40. The van der Waals surface area contributed by atoms with Crippen LogP contribution >= 0.6 is 15.9 Å². The minimum atomic E-state index is 0.834. The van der Waals surface area contributed by atoms with Gasteiger partial charge in [-0.1, -0.05) is 15.9 Å². The molecular weight excluding hydrogens is 244 g/mol. The lowest BCUT2D eigenvalue weighted by Crippen LogP contribution is -1.86. The molecule has 3 nitrogen and oxygen atoms in total. The number of hydrogen-bond donors (Lipinski definition) is 1. The first-order valence-electron chi connectivity index (χ1n) is 4.14. The second-order valence-electron chi connectivity index (χ2n) is 2.83. The van der Waals surface area contributed by atoms with Crippen LogP contribution in [0.1, 0.15) is 0 Å². The Kier molecular flexibility index (Phi) is 2.54. The summed E-state index contributed by atoms with van der Waals surface area (Å²) in [5, 5.41) is 6.68. The zero-order valence-corrected chi connectivity index (χ0v) is 9.21. The van der Waals surface area contributed by atoms with Crippen molar-refractivity contribution in [2.75, 3.05) is 7.11 Å². The summed E-state index contributed by atoms with van der Waals surface area (Å²) in [6.45, 7) is 0. The summed E-state index contributed by atoms with van der Waals surface area (Å²) in [6, 6.07) is 5.90. The van der Waals surface area contributed by atoms with E-state index in [1.807, 2.05) is 24.4 Å². The van der Waals surface area contributed by atoms with E-state index in [9.17, 15) is 0 Å². The van der Waals surface area contributed by atoms with Gasteiger partial charge in [-0.05, 0) is 18.2 Å². The molecule has 0 atom stereocenters. The number of benzene rings is 1. The molecule has 14 heavy (non-hydrogen) atoms. The van der Waals surface area contributed by atoms with Crippen LogP contribution in [-0.2, 0) is 0 Å². The molecule has 2 aromatic rings. The van der Waals surface area contributed by atoms with E-state index >= 15 is 0 Å². The smallest absolute Gasteiger partial charge is 0.127 e. The van der Waals surface area contributed by atoms with Gasteiger partial charge in [0.25, 0.3) is 0 Å². The summed E-state index contributed by atoms with van der Waals surface area (Å²) in [6.07, 6.45) is 3.61. The van der Waals surface area contributed by atoms with Crippen molar-refractivity contribution in [1.82, 2.24) is 10.2 Å². The lowest BCUT2D eigenvalue weighted by atomic mass is 10.1. The van der Waals surface area contributed by atoms with E-state index in [4.69, 9.17) is 4.74 Å². The average Bonchev–Trinajstić information content (AvgIpc) is 2.70. The molecule has 0 saturated heterocycles. The molecule has 0 saturated carbocycles. The van der Waals surface area contributed by atoms with Crippen molar-refractivity contribution in [2.24, 2.45) is 0 Å². The molecule has 0 aliphatic rings. The number of H-pyrrole nitrogens is 1. The van der Waals surface area contributed by atoms with Gasteiger partial charge in [-0.15, -0.1) is 0 Å². The van der Waals surface area contributed by atoms with E-state index in [0.717, 1.165) is 21.3 Å². The molecule has 0 spiro atoms. The third kappa shape index (κ3) is 1.65. The van der Waals surface area contributed by atoms with Gasteiger partial charge in [0, 0.05) is 21.8 Å². The van der Waals surface area contributed by atoms with E-state index in [2.05, 4.69) is 26.1 Å². The number of aromatic amines is 1. The molecule has 4 heteroatoms. The molecule has 0 fully saturated rings. The fourth-order valence-electron chi connectivity index (χ4n) is 1.30. The van der Waals surface area contributed by atoms with Gasteiger partial charge in [-0.2, -0.15) is 5.10 Å². The second kappa shape index (κ2) is 3.84. The summed E-state index contributed by atoms with van der Waals surface area (Å²) in [4.78, 5) is 0. The number of nitrogens with zero attached hydrogens (tertiary/aromatic N) is 1. The number of ether oxygens (including phenoxy) is 1. The maximum atomic E-state index is 5.28. The molecule has 2 rings (SSSR count). The number of aromatic nitrogens is 2. The molecule has 1 heterocycles. The number of rotatable bonds is 2. The van der Waals surface area contributed by atoms with Crippen LogP contribution < -0.4 is 4.74 Å². The van der Waals surface area contributed by atoms with Crippen LogP contribution in [0.3, 0.4) is 0 Å². The Hall–Kier alpha value is -1.29. The van der Waals surface area contributed by atoms with Crippen molar-refractivity contribution < 1.29 is 4.74 Å². The molecule has 0 aliphatic carbocycles. The predicted octanol–water partition coefficient (Wildman–Crippen LogP) is 2.85. The van der Waals surface area contributed by atoms with E-state index in [1.54, 1.807) is 13.3 Å². The zero-order valence-electron chi connectivity index (χ0n) is 7.62. The van der Waals surface area contributed by atoms with Crippen molar-refractivity contribution in [3.8, 4) is 16.9 Å². The van der Waals surface area contributed by atoms with Crippen LogP contribution in [0.25, 0.3) is 11.1 Å². The molecule has 0 aliphatic heterocycles. The molecule has 1 N–H and O–H groups in total. The molecular formula is C10H9BrN2O. The Labute approximate surface area is 90.2 Å². The molecule has 0 amide bonds.